The van der Waals surface area contributed by atoms with Crippen LogP contribution in [0.2, 0.25) is 0 Å². The Balaban J connectivity index is 2.48. The van der Waals surface area contributed by atoms with E-state index < -0.39 is 11.9 Å². The topological polar surface area (TPSA) is 52.6 Å². The van der Waals surface area contributed by atoms with Crippen molar-refractivity contribution in [2.45, 2.75) is 12.8 Å². The van der Waals surface area contributed by atoms with E-state index in [1.54, 1.807) is 21.6 Å². The Morgan fingerprint density at radius 1 is 1.00 bits per heavy atom. The molecule has 0 amide bonds. The van der Waals surface area contributed by atoms with Crippen LogP contribution in [0, 0.1) is 0 Å². The molecule has 0 atom stereocenters. The van der Waals surface area contributed by atoms with Gasteiger partial charge in [0, 0.05) is 11.5 Å². The number of hydrogen-bond donors (Lipinski definition) is 0. The number of carbonyl (C=O) groups excluding carboxylic acids is 2. The molecule has 1 fully saturated rings. The number of ether oxygens (including phenoxy) is 2. The zero-order valence-corrected chi connectivity index (χ0v) is 9.12. The van der Waals surface area contributed by atoms with Gasteiger partial charge >= 0.3 is 11.9 Å². The Morgan fingerprint density at radius 3 is 1.86 bits per heavy atom. The summed E-state index contributed by atoms with van der Waals surface area (Å²) in [5.41, 5.74) is 0. The summed E-state index contributed by atoms with van der Waals surface area (Å²) in [7, 11) is 3.09. The number of esters is 2. The number of hydrogen-bond acceptors (Lipinski definition) is 6. The van der Waals surface area contributed by atoms with Crippen molar-refractivity contribution >= 4 is 33.5 Å². The predicted molar refractivity (Wildman–Crippen MR) is 55.5 cm³/mol. The van der Waals surface area contributed by atoms with Crippen molar-refractivity contribution in [1.82, 2.24) is 0 Å². The van der Waals surface area contributed by atoms with Crippen LogP contribution in [0.3, 0.4) is 0 Å². The molecular weight excluding hydrogens is 224 g/mol. The lowest BCUT2D eigenvalue weighted by molar-refractivity contribution is -0.153. The van der Waals surface area contributed by atoms with Gasteiger partial charge in [0.2, 0.25) is 0 Å². The van der Waals surface area contributed by atoms with Gasteiger partial charge in [-0.3, -0.25) is 9.59 Å². The van der Waals surface area contributed by atoms with E-state index in [1.807, 2.05) is 0 Å². The Kier molecular flexibility index (Phi) is 4.89. The molecule has 0 aromatic carbocycles. The van der Waals surface area contributed by atoms with E-state index in [-0.39, 0.29) is 5.95 Å². The largest absolute Gasteiger partial charge is 0.393 e. The molecular formula is C8H10O4S2. The van der Waals surface area contributed by atoms with Gasteiger partial charge in [-0.25, -0.2) is 0 Å². The van der Waals surface area contributed by atoms with Crippen LogP contribution in [0.1, 0.15) is 12.8 Å². The minimum atomic E-state index is -0.419. The van der Waals surface area contributed by atoms with Crippen LogP contribution in [0.5, 0.6) is 0 Å². The predicted octanol–water partition coefficient (Wildman–Crippen LogP) is 1.72. The number of cyclic esters (lactones) is 2. The highest BCUT2D eigenvalue weighted by Gasteiger charge is 2.12. The summed E-state index contributed by atoms with van der Waals surface area (Å²) >= 11 is 0. The van der Waals surface area contributed by atoms with Crippen LogP contribution < -0.4 is 0 Å². The Bertz CT molecular complexity index is 228. The molecule has 0 bridgehead atoms. The molecule has 0 aliphatic carbocycles. The van der Waals surface area contributed by atoms with Crippen LogP contribution in [-0.4, -0.2) is 23.4 Å². The van der Waals surface area contributed by atoms with Crippen molar-refractivity contribution in [2.75, 3.05) is 11.5 Å². The van der Waals surface area contributed by atoms with Crippen molar-refractivity contribution in [3.8, 4) is 0 Å². The molecule has 1 heterocycles. The lowest BCUT2D eigenvalue weighted by atomic mass is 10.5. The molecule has 0 spiro atoms. The second-order valence-electron chi connectivity index (χ2n) is 2.46. The average Bonchev–Trinajstić information content (AvgIpc) is 2.11. The molecule has 14 heavy (non-hydrogen) atoms. The van der Waals surface area contributed by atoms with Crippen LogP contribution in [0.25, 0.3) is 0 Å². The zero-order valence-electron chi connectivity index (χ0n) is 7.49. The molecule has 0 aromatic rings. The Labute approximate surface area is 89.8 Å². The molecule has 0 radical (unpaired) electrons. The van der Waals surface area contributed by atoms with Crippen LogP contribution in [0.4, 0.5) is 0 Å². The average molecular weight is 234 g/mol. The van der Waals surface area contributed by atoms with Gasteiger partial charge in [0.1, 0.15) is 0 Å². The Hall–Kier alpha value is -0.620. The molecule has 1 saturated heterocycles. The van der Waals surface area contributed by atoms with Gasteiger partial charge in [-0.1, -0.05) is 21.6 Å². The van der Waals surface area contributed by atoms with E-state index in [4.69, 9.17) is 0 Å². The maximum atomic E-state index is 11.0. The molecule has 0 saturated carbocycles. The quantitative estimate of drug-likeness (QED) is 0.470. The minimum Gasteiger partial charge on any atom is -0.393 e. The van der Waals surface area contributed by atoms with Gasteiger partial charge in [-0.15, -0.1) is 0 Å². The van der Waals surface area contributed by atoms with Gasteiger partial charge in [-0.05, 0) is 6.58 Å². The van der Waals surface area contributed by atoms with Crippen molar-refractivity contribution in [1.29, 1.82) is 0 Å². The number of carbonyl (C=O) groups is 2. The lowest BCUT2D eigenvalue weighted by Gasteiger charge is -2.05. The Morgan fingerprint density at radius 2 is 1.43 bits per heavy atom. The standard InChI is InChI=1S/C8H10O4S2/c1-6-11-7(9)2-4-13-14-5-3-8(10)12-6/h1-5H2. The van der Waals surface area contributed by atoms with Crippen LogP contribution in [0.15, 0.2) is 12.5 Å². The van der Waals surface area contributed by atoms with E-state index in [9.17, 15) is 9.59 Å². The molecule has 1 rings (SSSR count). The first-order chi connectivity index (χ1) is 6.68. The highest BCUT2D eigenvalue weighted by atomic mass is 33.1. The summed E-state index contributed by atoms with van der Waals surface area (Å²) < 4.78 is 9.31. The summed E-state index contributed by atoms with van der Waals surface area (Å²) in [6.07, 6.45) is 0.600. The van der Waals surface area contributed by atoms with E-state index >= 15 is 0 Å². The van der Waals surface area contributed by atoms with Crippen molar-refractivity contribution in [3.63, 3.8) is 0 Å². The lowest BCUT2D eigenvalue weighted by Crippen LogP contribution is -2.10. The fourth-order valence-electron chi connectivity index (χ4n) is 0.745. The summed E-state index contributed by atoms with van der Waals surface area (Å²) in [6.45, 7) is 3.32. The van der Waals surface area contributed by atoms with Gasteiger partial charge < -0.3 is 9.47 Å². The highest BCUT2D eigenvalue weighted by molar-refractivity contribution is 8.76. The maximum absolute atomic E-state index is 11.0. The SMILES string of the molecule is C=C1OC(=O)CCSSCCC(=O)O1. The van der Waals surface area contributed by atoms with Crippen molar-refractivity contribution in [3.05, 3.63) is 12.5 Å². The van der Waals surface area contributed by atoms with Gasteiger partial charge in [-0.2, -0.15) is 0 Å². The molecule has 1 aliphatic rings. The highest BCUT2D eigenvalue weighted by Crippen LogP contribution is 2.24. The fourth-order valence-corrected chi connectivity index (χ4v) is 2.69. The molecule has 4 nitrogen and oxygen atoms in total. The van der Waals surface area contributed by atoms with Crippen molar-refractivity contribution < 1.29 is 19.1 Å². The smallest absolute Gasteiger partial charge is 0.314 e. The molecule has 6 heteroatoms. The summed E-state index contributed by atoms with van der Waals surface area (Å²) in [4.78, 5) is 22.1. The van der Waals surface area contributed by atoms with Crippen molar-refractivity contribution in [2.24, 2.45) is 0 Å². The first-order valence-electron chi connectivity index (χ1n) is 4.03. The van der Waals surface area contributed by atoms with Crippen LogP contribution >= 0.6 is 21.6 Å². The first kappa shape index (κ1) is 11.5. The van der Waals surface area contributed by atoms with Gasteiger partial charge in [0.05, 0.1) is 12.8 Å². The summed E-state index contributed by atoms with van der Waals surface area (Å²) in [6, 6.07) is 0. The van der Waals surface area contributed by atoms with Gasteiger partial charge in [0.25, 0.3) is 5.95 Å². The van der Waals surface area contributed by atoms with E-state index in [0.717, 1.165) is 0 Å². The third-order valence-electron chi connectivity index (χ3n) is 1.32. The normalized spacial score (nSPS) is 20.7. The molecule has 0 aromatic heterocycles. The van der Waals surface area contributed by atoms with Gasteiger partial charge in [0.15, 0.2) is 0 Å². The fraction of sp³-hybridized carbons (Fsp3) is 0.500. The summed E-state index contributed by atoms with van der Waals surface area (Å²) in [5.74, 6) is 0.281. The van der Waals surface area contributed by atoms with Crippen LogP contribution in [-0.2, 0) is 19.1 Å². The molecule has 78 valence electrons. The number of rotatable bonds is 0. The maximum Gasteiger partial charge on any atom is 0.314 e. The van der Waals surface area contributed by atoms with E-state index in [0.29, 0.717) is 24.3 Å². The first-order valence-corrected chi connectivity index (χ1v) is 6.52. The zero-order chi connectivity index (χ0) is 10.4. The molecule has 0 unspecified atom stereocenters. The molecule has 1 aliphatic heterocycles. The summed E-state index contributed by atoms with van der Waals surface area (Å²) in [5, 5.41) is 0. The third kappa shape index (κ3) is 4.57. The monoisotopic (exact) mass is 234 g/mol. The van der Waals surface area contributed by atoms with E-state index in [1.165, 1.54) is 0 Å². The molecule has 0 N–H and O–H groups in total. The third-order valence-corrected chi connectivity index (χ3v) is 3.73. The second kappa shape index (κ2) is 5.98. The van der Waals surface area contributed by atoms with E-state index in [2.05, 4.69) is 16.1 Å². The minimum absolute atomic E-state index is 0.225. The second-order valence-corrected chi connectivity index (χ2v) is 5.17.